The van der Waals surface area contributed by atoms with Crippen LogP contribution in [0.5, 0.6) is 5.75 Å². The standard InChI is InChI=1S/C23H24N2O2/c1-16(2)21-11-8-17(3)12-22(21)27-15-23(26)25-24-14-18-9-10-19-6-4-5-7-20(19)13-18/h4-14,16H,15H2,1-3H3,(H,25,26)/b24-14+. The molecule has 4 heteroatoms. The van der Waals surface area contributed by atoms with Crippen LogP contribution in [0.3, 0.4) is 0 Å². The Morgan fingerprint density at radius 3 is 2.63 bits per heavy atom. The summed E-state index contributed by atoms with van der Waals surface area (Å²) in [6, 6.07) is 20.2. The second-order valence-corrected chi connectivity index (χ2v) is 6.88. The summed E-state index contributed by atoms with van der Waals surface area (Å²) >= 11 is 0. The molecule has 0 radical (unpaired) electrons. The maximum absolute atomic E-state index is 12.0. The molecule has 0 saturated carbocycles. The summed E-state index contributed by atoms with van der Waals surface area (Å²) in [7, 11) is 0. The molecule has 0 aliphatic rings. The van der Waals surface area contributed by atoms with Gasteiger partial charge in [-0.1, -0.05) is 62.4 Å². The molecular weight excluding hydrogens is 336 g/mol. The number of hydrogen-bond acceptors (Lipinski definition) is 3. The average molecular weight is 360 g/mol. The predicted molar refractivity (Wildman–Crippen MR) is 110 cm³/mol. The normalized spacial score (nSPS) is 11.3. The van der Waals surface area contributed by atoms with E-state index in [9.17, 15) is 4.79 Å². The van der Waals surface area contributed by atoms with Crippen LogP contribution >= 0.6 is 0 Å². The van der Waals surface area contributed by atoms with Gasteiger partial charge in [0.2, 0.25) is 0 Å². The van der Waals surface area contributed by atoms with Crippen LogP contribution in [0.15, 0.2) is 65.8 Å². The number of carbonyl (C=O) groups is 1. The van der Waals surface area contributed by atoms with Gasteiger partial charge in [0.05, 0.1) is 6.21 Å². The zero-order valence-electron chi connectivity index (χ0n) is 15.9. The Morgan fingerprint density at radius 1 is 1.07 bits per heavy atom. The lowest BCUT2D eigenvalue weighted by Crippen LogP contribution is -2.25. The number of hydrazone groups is 1. The van der Waals surface area contributed by atoms with Crippen LogP contribution in [0.1, 0.15) is 36.5 Å². The fourth-order valence-electron chi connectivity index (χ4n) is 2.89. The second kappa shape index (κ2) is 8.49. The quantitative estimate of drug-likeness (QED) is 0.507. The van der Waals surface area contributed by atoms with Crippen molar-refractivity contribution in [2.24, 2.45) is 5.10 Å². The molecule has 0 aliphatic heterocycles. The van der Waals surface area contributed by atoms with Crippen molar-refractivity contribution in [1.29, 1.82) is 0 Å². The third-order valence-corrected chi connectivity index (χ3v) is 4.33. The minimum atomic E-state index is -0.289. The molecule has 0 aromatic heterocycles. The number of nitrogens with zero attached hydrogens (tertiary/aromatic N) is 1. The van der Waals surface area contributed by atoms with Gasteiger partial charge in [-0.3, -0.25) is 4.79 Å². The number of aryl methyl sites for hydroxylation is 1. The van der Waals surface area contributed by atoms with Gasteiger partial charge in [-0.25, -0.2) is 5.43 Å². The lowest BCUT2D eigenvalue weighted by atomic mass is 10.0. The number of hydrogen-bond donors (Lipinski definition) is 1. The Balaban J connectivity index is 1.58. The fraction of sp³-hybridized carbons (Fsp3) is 0.217. The Kier molecular flexibility index (Phi) is 5.87. The van der Waals surface area contributed by atoms with Gasteiger partial charge in [-0.15, -0.1) is 0 Å². The van der Waals surface area contributed by atoms with Crippen molar-refractivity contribution in [1.82, 2.24) is 5.43 Å². The first-order chi connectivity index (χ1) is 13.0. The van der Waals surface area contributed by atoms with Gasteiger partial charge in [0.1, 0.15) is 5.75 Å². The summed E-state index contributed by atoms with van der Waals surface area (Å²) in [5, 5.41) is 6.34. The molecule has 0 fully saturated rings. The molecule has 3 aromatic rings. The molecule has 0 atom stereocenters. The van der Waals surface area contributed by atoms with Crippen molar-refractivity contribution >= 4 is 22.9 Å². The Morgan fingerprint density at radius 2 is 1.85 bits per heavy atom. The largest absolute Gasteiger partial charge is 0.483 e. The van der Waals surface area contributed by atoms with Crippen molar-refractivity contribution in [3.8, 4) is 5.75 Å². The lowest BCUT2D eigenvalue weighted by Gasteiger charge is -2.14. The monoisotopic (exact) mass is 360 g/mol. The second-order valence-electron chi connectivity index (χ2n) is 6.88. The van der Waals surface area contributed by atoms with Gasteiger partial charge in [0.15, 0.2) is 6.61 Å². The van der Waals surface area contributed by atoms with E-state index < -0.39 is 0 Å². The lowest BCUT2D eigenvalue weighted by molar-refractivity contribution is -0.123. The number of carbonyl (C=O) groups excluding carboxylic acids is 1. The van der Waals surface area contributed by atoms with Crippen molar-refractivity contribution in [2.75, 3.05) is 6.61 Å². The summed E-state index contributed by atoms with van der Waals surface area (Å²) < 4.78 is 5.72. The molecule has 138 valence electrons. The summed E-state index contributed by atoms with van der Waals surface area (Å²) in [6.45, 7) is 6.14. The molecular formula is C23H24N2O2. The number of nitrogens with one attached hydrogen (secondary N) is 1. The summed E-state index contributed by atoms with van der Waals surface area (Å²) in [5.41, 5.74) is 5.64. The van der Waals surface area contributed by atoms with E-state index in [2.05, 4.69) is 36.5 Å². The maximum Gasteiger partial charge on any atom is 0.277 e. The van der Waals surface area contributed by atoms with E-state index in [0.717, 1.165) is 27.8 Å². The molecule has 0 heterocycles. The highest BCUT2D eigenvalue weighted by molar-refractivity contribution is 5.90. The van der Waals surface area contributed by atoms with Gasteiger partial charge in [0, 0.05) is 0 Å². The van der Waals surface area contributed by atoms with E-state index in [1.54, 1.807) is 6.21 Å². The van der Waals surface area contributed by atoms with Gasteiger partial charge < -0.3 is 4.74 Å². The molecule has 0 unspecified atom stereocenters. The molecule has 0 saturated heterocycles. The minimum Gasteiger partial charge on any atom is -0.483 e. The van der Waals surface area contributed by atoms with E-state index in [1.807, 2.05) is 55.5 Å². The minimum absolute atomic E-state index is 0.0712. The average Bonchev–Trinajstić information content (AvgIpc) is 2.66. The molecule has 3 aromatic carbocycles. The van der Waals surface area contributed by atoms with E-state index in [0.29, 0.717) is 5.92 Å². The molecule has 3 rings (SSSR count). The first-order valence-corrected chi connectivity index (χ1v) is 9.07. The molecule has 0 aliphatic carbocycles. The Labute approximate surface area is 159 Å². The van der Waals surface area contributed by atoms with Crippen LogP contribution < -0.4 is 10.2 Å². The van der Waals surface area contributed by atoms with Crippen molar-refractivity contribution in [3.05, 3.63) is 77.4 Å². The first kappa shape index (κ1) is 18.6. The summed E-state index contributed by atoms with van der Waals surface area (Å²) in [6.07, 6.45) is 1.64. The molecule has 4 nitrogen and oxygen atoms in total. The topological polar surface area (TPSA) is 50.7 Å². The zero-order valence-corrected chi connectivity index (χ0v) is 15.9. The van der Waals surface area contributed by atoms with Crippen LogP contribution in [0.2, 0.25) is 0 Å². The van der Waals surface area contributed by atoms with Gasteiger partial charge in [0.25, 0.3) is 5.91 Å². The number of rotatable bonds is 6. The Hall–Kier alpha value is -3.14. The van der Waals surface area contributed by atoms with Crippen LogP contribution in [-0.4, -0.2) is 18.7 Å². The molecule has 1 amide bonds. The SMILES string of the molecule is Cc1ccc(C(C)C)c(OCC(=O)N/N=C/c2ccc3ccccc3c2)c1. The highest BCUT2D eigenvalue weighted by Gasteiger charge is 2.10. The van der Waals surface area contributed by atoms with Crippen LogP contribution in [-0.2, 0) is 4.79 Å². The maximum atomic E-state index is 12.0. The summed E-state index contributed by atoms with van der Waals surface area (Å²) in [5.74, 6) is 0.788. The fourth-order valence-corrected chi connectivity index (χ4v) is 2.89. The third kappa shape index (κ3) is 4.94. The van der Waals surface area contributed by atoms with Crippen molar-refractivity contribution in [3.63, 3.8) is 0 Å². The number of fused-ring (bicyclic) bond motifs is 1. The highest BCUT2D eigenvalue weighted by atomic mass is 16.5. The van der Waals surface area contributed by atoms with E-state index in [1.165, 1.54) is 5.39 Å². The van der Waals surface area contributed by atoms with Crippen LogP contribution in [0.4, 0.5) is 0 Å². The molecule has 0 spiro atoms. The van der Waals surface area contributed by atoms with Crippen LogP contribution in [0, 0.1) is 6.92 Å². The van der Waals surface area contributed by atoms with E-state index >= 15 is 0 Å². The van der Waals surface area contributed by atoms with Gasteiger partial charge in [-0.2, -0.15) is 5.10 Å². The predicted octanol–water partition coefficient (Wildman–Crippen LogP) is 4.80. The zero-order chi connectivity index (χ0) is 19.2. The Bertz CT molecular complexity index is 977. The van der Waals surface area contributed by atoms with E-state index in [4.69, 9.17) is 4.74 Å². The third-order valence-electron chi connectivity index (χ3n) is 4.33. The summed E-state index contributed by atoms with van der Waals surface area (Å²) in [4.78, 5) is 12.0. The van der Waals surface area contributed by atoms with Gasteiger partial charge >= 0.3 is 0 Å². The molecule has 1 N–H and O–H groups in total. The van der Waals surface area contributed by atoms with Crippen molar-refractivity contribution in [2.45, 2.75) is 26.7 Å². The number of ether oxygens (including phenoxy) is 1. The first-order valence-electron chi connectivity index (χ1n) is 9.07. The van der Waals surface area contributed by atoms with Crippen molar-refractivity contribution < 1.29 is 9.53 Å². The molecule has 27 heavy (non-hydrogen) atoms. The van der Waals surface area contributed by atoms with Crippen LogP contribution in [0.25, 0.3) is 10.8 Å². The van der Waals surface area contributed by atoms with Gasteiger partial charge in [-0.05, 0) is 52.4 Å². The number of amides is 1. The highest BCUT2D eigenvalue weighted by Crippen LogP contribution is 2.27. The molecule has 0 bridgehead atoms. The van der Waals surface area contributed by atoms with E-state index in [-0.39, 0.29) is 12.5 Å². The smallest absolute Gasteiger partial charge is 0.277 e. The number of benzene rings is 3.